The maximum absolute atomic E-state index is 11.6. The van der Waals surface area contributed by atoms with E-state index in [1.807, 2.05) is 4.90 Å². The van der Waals surface area contributed by atoms with Crippen LogP contribution in [0.15, 0.2) is 11.6 Å². The molecule has 2 heteroatoms. The molecule has 0 unspecified atom stereocenters. The first kappa shape index (κ1) is 10.3. The maximum Gasteiger partial charge on any atom is 0.223 e. The Morgan fingerprint density at radius 3 is 2.77 bits per heavy atom. The summed E-state index contributed by atoms with van der Waals surface area (Å²) < 4.78 is 0. The third-order valence-electron chi connectivity index (χ3n) is 2.37. The first-order valence-corrected chi connectivity index (χ1v) is 5.03. The lowest BCUT2D eigenvalue weighted by atomic mass is 10.1. The van der Waals surface area contributed by atoms with E-state index < -0.39 is 0 Å². The Hall–Kier alpha value is -0.790. The van der Waals surface area contributed by atoms with Crippen molar-refractivity contribution in [3.05, 3.63) is 11.6 Å². The molecule has 0 aromatic carbocycles. The van der Waals surface area contributed by atoms with Crippen LogP contribution in [-0.4, -0.2) is 23.9 Å². The van der Waals surface area contributed by atoms with Crippen LogP contribution in [0.1, 0.15) is 33.6 Å². The summed E-state index contributed by atoms with van der Waals surface area (Å²) in [7, 11) is 0. The molecule has 0 radical (unpaired) electrons. The molecule has 1 amide bonds. The molecule has 0 atom stereocenters. The van der Waals surface area contributed by atoms with Gasteiger partial charge in [-0.2, -0.15) is 0 Å². The van der Waals surface area contributed by atoms with E-state index in [9.17, 15) is 4.79 Å². The minimum atomic E-state index is 0.304. The Bertz CT molecular complexity index is 218. The van der Waals surface area contributed by atoms with Crippen LogP contribution in [0.3, 0.4) is 0 Å². The molecule has 0 spiro atoms. The summed E-state index contributed by atoms with van der Waals surface area (Å²) >= 11 is 0. The Morgan fingerprint density at radius 2 is 2.31 bits per heavy atom. The van der Waals surface area contributed by atoms with Crippen LogP contribution < -0.4 is 0 Å². The van der Waals surface area contributed by atoms with Crippen molar-refractivity contribution in [2.24, 2.45) is 5.92 Å². The summed E-state index contributed by atoms with van der Waals surface area (Å²) in [5.74, 6) is 0.776. The van der Waals surface area contributed by atoms with Gasteiger partial charge >= 0.3 is 0 Å². The summed E-state index contributed by atoms with van der Waals surface area (Å²) in [6, 6.07) is 0. The van der Waals surface area contributed by atoms with Gasteiger partial charge in [-0.15, -0.1) is 0 Å². The molecule has 0 N–H and O–H groups in total. The second-order valence-corrected chi connectivity index (χ2v) is 4.24. The minimum Gasteiger partial charge on any atom is -0.339 e. The number of carbonyl (C=O) groups is 1. The van der Waals surface area contributed by atoms with Gasteiger partial charge < -0.3 is 4.90 Å². The first-order chi connectivity index (χ1) is 6.09. The minimum absolute atomic E-state index is 0.304. The molecule has 0 saturated carbocycles. The van der Waals surface area contributed by atoms with E-state index >= 15 is 0 Å². The molecule has 0 aliphatic carbocycles. The van der Waals surface area contributed by atoms with Crippen LogP contribution in [-0.2, 0) is 4.79 Å². The molecule has 2 nitrogen and oxygen atoms in total. The zero-order valence-electron chi connectivity index (χ0n) is 8.84. The molecule has 0 aromatic heterocycles. The van der Waals surface area contributed by atoms with Crippen molar-refractivity contribution < 1.29 is 4.79 Å². The Kier molecular flexibility index (Phi) is 3.52. The normalized spacial score (nSPS) is 17.5. The van der Waals surface area contributed by atoms with Crippen LogP contribution in [0.4, 0.5) is 0 Å². The van der Waals surface area contributed by atoms with Crippen molar-refractivity contribution >= 4 is 5.91 Å². The van der Waals surface area contributed by atoms with Gasteiger partial charge in [-0.25, -0.2) is 0 Å². The maximum atomic E-state index is 11.6. The van der Waals surface area contributed by atoms with Crippen molar-refractivity contribution in [2.75, 3.05) is 13.1 Å². The van der Waals surface area contributed by atoms with E-state index in [1.165, 1.54) is 5.57 Å². The molecule has 13 heavy (non-hydrogen) atoms. The van der Waals surface area contributed by atoms with Gasteiger partial charge in [0.15, 0.2) is 0 Å². The summed E-state index contributed by atoms with van der Waals surface area (Å²) in [4.78, 5) is 13.6. The Labute approximate surface area is 80.6 Å². The second-order valence-electron chi connectivity index (χ2n) is 4.24. The average molecular weight is 181 g/mol. The highest BCUT2D eigenvalue weighted by atomic mass is 16.2. The van der Waals surface area contributed by atoms with E-state index in [0.29, 0.717) is 18.2 Å². The summed E-state index contributed by atoms with van der Waals surface area (Å²) in [6.07, 6.45) is 3.89. The fourth-order valence-corrected chi connectivity index (χ4v) is 1.48. The highest BCUT2D eigenvalue weighted by molar-refractivity contribution is 5.76. The highest BCUT2D eigenvalue weighted by Gasteiger charge is 2.16. The molecule has 1 heterocycles. The zero-order chi connectivity index (χ0) is 9.84. The van der Waals surface area contributed by atoms with Crippen molar-refractivity contribution in [3.8, 4) is 0 Å². The van der Waals surface area contributed by atoms with E-state index in [-0.39, 0.29) is 0 Å². The van der Waals surface area contributed by atoms with Crippen LogP contribution in [0, 0.1) is 5.92 Å². The molecule has 1 rings (SSSR count). The SMILES string of the molecule is CC1=CCN(C(=O)CC(C)C)CC1. The summed E-state index contributed by atoms with van der Waals surface area (Å²) in [5, 5.41) is 0. The Balaban J connectivity index is 2.41. The number of hydrogen-bond acceptors (Lipinski definition) is 1. The molecule has 0 saturated heterocycles. The second kappa shape index (κ2) is 4.45. The van der Waals surface area contributed by atoms with Crippen molar-refractivity contribution in [1.82, 2.24) is 4.90 Å². The van der Waals surface area contributed by atoms with Gasteiger partial charge in [-0.05, 0) is 19.3 Å². The smallest absolute Gasteiger partial charge is 0.223 e. The molecular weight excluding hydrogens is 162 g/mol. The monoisotopic (exact) mass is 181 g/mol. The number of carbonyl (C=O) groups excluding carboxylic acids is 1. The quantitative estimate of drug-likeness (QED) is 0.598. The van der Waals surface area contributed by atoms with Gasteiger partial charge in [0.05, 0.1) is 0 Å². The molecule has 74 valence electrons. The highest BCUT2D eigenvalue weighted by Crippen LogP contribution is 2.12. The molecule has 1 aliphatic rings. The number of nitrogens with zero attached hydrogens (tertiary/aromatic N) is 1. The van der Waals surface area contributed by atoms with Gasteiger partial charge in [0.25, 0.3) is 0 Å². The summed E-state index contributed by atoms with van der Waals surface area (Å²) in [6.45, 7) is 8.03. The van der Waals surface area contributed by atoms with Gasteiger partial charge in [0.2, 0.25) is 5.91 Å². The molecule has 0 fully saturated rings. The van der Waals surface area contributed by atoms with Gasteiger partial charge in [0.1, 0.15) is 0 Å². The predicted molar refractivity (Wildman–Crippen MR) is 54.4 cm³/mol. The average Bonchev–Trinajstić information content (AvgIpc) is 2.04. The molecule has 1 aliphatic heterocycles. The van der Waals surface area contributed by atoms with Gasteiger partial charge in [0, 0.05) is 19.5 Å². The third-order valence-corrected chi connectivity index (χ3v) is 2.37. The van der Waals surface area contributed by atoms with E-state index in [0.717, 1.165) is 19.5 Å². The summed E-state index contributed by atoms with van der Waals surface area (Å²) in [5.41, 5.74) is 1.41. The topological polar surface area (TPSA) is 20.3 Å². The lowest BCUT2D eigenvalue weighted by Gasteiger charge is -2.26. The predicted octanol–water partition coefficient (Wildman–Crippen LogP) is 2.21. The third kappa shape index (κ3) is 3.21. The molecule has 0 bridgehead atoms. The van der Waals surface area contributed by atoms with Crippen LogP contribution in [0.5, 0.6) is 0 Å². The van der Waals surface area contributed by atoms with Crippen LogP contribution in [0.25, 0.3) is 0 Å². The van der Waals surface area contributed by atoms with E-state index in [2.05, 4.69) is 26.8 Å². The van der Waals surface area contributed by atoms with Crippen molar-refractivity contribution in [2.45, 2.75) is 33.6 Å². The number of amides is 1. The fraction of sp³-hybridized carbons (Fsp3) is 0.727. The molecule has 0 aromatic rings. The van der Waals surface area contributed by atoms with Crippen LogP contribution in [0.2, 0.25) is 0 Å². The van der Waals surface area contributed by atoms with E-state index in [4.69, 9.17) is 0 Å². The van der Waals surface area contributed by atoms with Crippen molar-refractivity contribution in [1.29, 1.82) is 0 Å². The number of rotatable bonds is 2. The fourth-order valence-electron chi connectivity index (χ4n) is 1.48. The lowest BCUT2D eigenvalue weighted by molar-refractivity contribution is -0.131. The molecular formula is C11H19NO. The van der Waals surface area contributed by atoms with Crippen LogP contribution >= 0.6 is 0 Å². The Morgan fingerprint density at radius 1 is 1.62 bits per heavy atom. The van der Waals surface area contributed by atoms with Gasteiger partial charge in [-0.3, -0.25) is 4.79 Å². The lowest BCUT2D eigenvalue weighted by Crippen LogP contribution is -2.35. The number of hydrogen-bond donors (Lipinski definition) is 0. The first-order valence-electron chi connectivity index (χ1n) is 5.03. The van der Waals surface area contributed by atoms with Crippen molar-refractivity contribution in [3.63, 3.8) is 0 Å². The largest absolute Gasteiger partial charge is 0.339 e. The van der Waals surface area contributed by atoms with Gasteiger partial charge in [-0.1, -0.05) is 25.5 Å². The van der Waals surface area contributed by atoms with E-state index in [1.54, 1.807) is 0 Å². The standard InChI is InChI=1S/C11H19NO/c1-9(2)8-11(13)12-6-4-10(3)5-7-12/h4,9H,5-8H2,1-3H3. The zero-order valence-corrected chi connectivity index (χ0v) is 8.84.